The normalized spacial score (nSPS) is 22.7. The van der Waals surface area contributed by atoms with E-state index in [9.17, 15) is 5.11 Å². The van der Waals surface area contributed by atoms with Crippen LogP contribution in [0.3, 0.4) is 0 Å². The van der Waals surface area contributed by atoms with E-state index in [1.807, 2.05) is 0 Å². The van der Waals surface area contributed by atoms with Crippen molar-refractivity contribution < 1.29 is 9.84 Å². The Labute approximate surface area is 132 Å². The Morgan fingerprint density at radius 3 is 2.14 bits per heavy atom. The van der Waals surface area contributed by atoms with Gasteiger partial charge in [-0.1, -0.05) is 85.0 Å². The van der Waals surface area contributed by atoms with Gasteiger partial charge in [0.2, 0.25) is 0 Å². The van der Waals surface area contributed by atoms with E-state index in [1.54, 1.807) is 0 Å². The summed E-state index contributed by atoms with van der Waals surface area (Å²) < 4.78 is 5.65. The fourth-order valence-electron chi connectivity index (χ4n) is 3.10. The summed E-state index contributed by atoms with van der Waals surface area (Å²) in [6, 6.07) is 0. The van der Waals surface area contributed by atoms with Crippen molar-refractivity contribution in [2.75, 3.05) is 0 Å². The van der Waals surface area contributed by atoms with Crippen LogP contribution in [0.15, 0.2) is 0 Å². The molecule has 0 bridgehead atoms. The minimum Gasteiger partial charge on any atom is -0.390 e. The van der Waals surface area contributed by atoms with Crippen molar-refractivity contribution in [2.45, 2.75) is 116 Å². The first-order valence-electron chi connectivity index (χ1n) is 9.48. The maximum atomic E-state index is 10.1. The first-order chi connectivity index (χ1) is 10.1. The second-order valence-electron chi connectivity index (χ2n) is 7.29. The van der Waals surface area contributed by atoms with Crippen molar-refractivity contribution in [1.82, 2.24) is 0 Å². The average molecular weight is 299 g/mol. The molecule has 0 spiro atoms. The number of hydrogen-bond acceptors (Lipinski definition) is 2. The maximum absolute atomic E-state index is 10.1. The van der Waals surface area contributed by atoms with Crippen LogP contribution in [0.2, 0.25) is 0 Å². The average Bonchev–Trinajstić information content (AvgIpc) is 3.22. The van der Waals surface area contributed by atoms with Gasteiger partial charge < -0.3 is 9.84 Å². The summed E-state index contributed by atoms with van der Waals surface area (Å²) in [5.74, 6) is 0.809. The maximum Gasteiger partial charge on any atom is 0.110 e. The Bertz CT molecular complexity index is 240. The van der Waals surface area contributed by atoms with E-state index in [4.69, 9.17) is 4.74 Å². The van der Waals surface area contributed by atoms with Gasteiger partial charge in [0.05, 0.1) is 12.2 Å². The molecule has 1 saturated heterocycles. The molecule has 1 unspecified atom stereocenters. The summed E-state index contributed by atoms with van der Waals surface area (Å²) in [5.41, 5.74) is 0. The molecule has 0 aliphatic carbocycles. The van der Waals surface area contributed by atoms with E-state index in [0.29, 0.717) is 6.10 Å². The topological polar surface area (TPSA) is 32.8 Å². The van der Waals surface area contributed by atoms with Crippen molar-refractivity contribution >= 4 is 0 Å². The molecule has 1 aliphatic rings. The zero-order valence-corrected chi connectivity index (χ0v) is 14.7. The number of hydrogen-bond donors (Lipinski definition) is 1. The molecule has 1 fully saturated rings. The molecule has 1 aliphatic heterocycles. The monoisotopic (exact) mass is 298 g/mol. The molecule has 0 aromatic heterocycles. The molecular formula is C19H38O2. The van der Waals surface area contributed by atoms with Gasteiger partial charge in [0.15, 0.2) is 0 Å². The SMILES string of the molecule is CCCCCCCCCC(O)[C@@H]1O[C@@H]1CCCCC(C)C. The molecule has 0 radical (unpaired) electrons. The number of epoxide rings is 1. The first kappa shape index (κ1) is 19.0. The van der Waals surface area contributed by atoms with Crippen LogP contribution >= 0.6 is 0 Å². The van der Waals surface area contributed by atoms with Gasteiger partial charge in [-0.15, -0.1) is 0 Å². The highest BCUT2D eigenvalue weighted by Gasteiger charge is 2.42. The fraction of sp³-hybridized carbons (Fsp3) is 1.00. The Balaban J connectivity index is 1.89. The zero-order valence-electron chi connectivity index (χ0n) is 14.7. The minimum absolute atomic E-state index is 0.157. The number of unbranched alkanes of at least 4 members (excludes halogenated alkanes) is 7. The van der Waals surface area contributed by atoms with Crippen molar-refractivity contribution in [3.63, 3.8) is 0 Å². The Morgan fingerprint density at radius 1 is 0.857 bits per heavy atom. The summed E-state index contributed by atoms with van der Waals surface area (Å²) in [6.07, 6.45) is 15.4. The Morgan fingerprint density at radius 2 is 1.48 bits per heavy atom. The molecule has 0 aromatic carbocycles. The van der Waals surface area contributed by atoms with Gasteiger partial charge in [0.25, 0.3) is 0 Å². The molecule has 1 rings (SSSR count). The van der Waals surface area contributed by atoms with Gasteiger partial charge in [-0.05, 0) is 18.8 Å². The van der Waals surface area contributed by atoms with Gasteiger partial charge in [-0.2, -0.15) is 0 Å². The minimum atomic E-state index is -0.212. The van der Waals surface area contributed by atoms with Crippen LogP contribution in [0.1, 0.15) is 97.8 Å². The summed E-state index contributed by atoms with van der Waals surface area (Å²) in [4.78, 5) is 0. The number of ether oxygens (including phenoxy) is 1. The Kier molecular flexibility index (Phi) is 10.4. The van der Waals surface area contributed by atoms with E-state index in [1.165, 1.54) is 57.8 Å². The van der Waals surface area contributed by atoms with Gasteiger partial charge in [0, 0.05) is 0 Å². The van der Waals surface area contributed by atoms with E-state index in [0.717, 1.165) is 25.2 Å². The second-order valence-corrected chi connectivity index (χ2v) is 7.29. The largest absolute Gasteiger partial charge is 0.390 e. The van der Waals surface area contributed by atoms with Crippen LogP contribution in [-0.2, 0) is 4.74 Å². The fourth-order valence-corrected chi connectivity index (χ4v) is 3.10. The summed E-state index contributed by atoms with van der Waals surface area (Å²) in [7, 11) is 0. The van der Waals surface area contributed by atoms with Crippen molar-refractivity contribution in [1.29, 1.82) is 0 Å². The molecule has 2 heteroatoms. The zero-order chi connectivity index (χ0) is 15.5. The highest BCUT2D eigenvalue weighted by molar-refractivity contribution is 4.90. The quantitative estimate of drug-likeness (QED) is 0.340. The van der Waals surface area contributed by atoms with E-state index < -0.39 is 0 Å². The summed E-state index contributed by atoms with van der Waals surface area (Å²) in [5, 5.41) is 10.1. The lowest BCUT2D eigenvalue weighted by Gasteiger charge is -2.07. The van der Waals surface area contributed by atoms with Gasteiger partial charge in [-0.3, -0.25) is 0 Å². The Hall–Kier alpha value is -0.0800. The lowest BCUT2D eigenvalue weighted by atomic mass is 10.0. The number of aliphatic hydroxyl groups is 1. The molecule has 21 heavy (non-hydrogen) atoms. The van der Waals surface area contributed by atoms with Crippen LogP contribution in [0.4, 0.5) is 0 Å². The summed E-state index contributed by atoms with van der Waals surface area (Å²) in [6.45, 7) is 6.82. The highest BCUT2D eigenvalue weighted by Crippen LogP contribution is 2.32. The van der Waals surface area contributed by atoms with Crippen molar-refractivity contribution in [3.8, 4) is 0 Å². The lowest BCUT2D eigenvalue weighted by molar-refractivity contribution is 0.123. The molecule has 0 saturated carbocycles. The third-order valence-corrected chi connectivity index (χ3v) is 4.62. The van der Waals surface area contributed by atoms with Crippen LogP contribution in [-0.4, -0.2) is 23.4 Å². The molecule has 1 N–H and O–H groups in total. The standard InChI is InChI=1S/C19H38O2/c1-4-5-6-7-8-9-10-14-17(20)19-18(21-19)15-12-11-13-16(2)3/h16-20H,4-15H2,1-3H3/t17?,18-,19+/m1/s1. The highest BCUT2D eigenvalue weighted by atomic mass is 16.6. The third kappa shape index (κ3) is 9.52. The molecule has 126 valence electrons. The second kappa shape index (κ2) is 11.5. The van der Waals surface area contributed by atoms with Crippen LogP contribution in [0.5, 0.6) is 0 Å². The van der Waals surface area contributed by atoms with Gasteiger partial charge in [0.1, 0.15) is 6.10 Å². The third-order valence-electron chi connectivity index (χ3n) is 4.62. The van der Waals surface area contributed by atoms with E-state index in [-0.39, 0.29) is 12.2 Å². The molecular weight excluding hydrogens is 260 g/mol. The van der Waals surface area contributed by atoms with Gasteiger partial charge in [-0.25, -0.2) is 0 Å². The molecule has 3 atom stereocenters. The van der Waals surface area contributed by atoms with E-state index >= 15 is 0 Å². The smallest absolute Gasteiger partial charge is 0.110 e. The summed E-state index contributed by atoms with van der Waals surface area (Å²) >= 11 is 0. The van der Waals surface area contributed by atoms with Crippen LogP contribution in [0.25, 0.3) is 0 Å². The number of aliphatic hydroxyl groups excluding tert-OH is 1. The van der Waals surface area contributed by atoms with Crippen LogP contribution < -0.4 is 0 Å². The van der Waals surface area contributed by atoms with Crippen molar-refractivity contribution in [2.24, 2.45) is 5.92 Å². The predicted octanol–water partition coefficient (Wildman–Crippen LogP) is 5.47. The molecule has 1 heterocycles. The number of rotatable bonds is 14. The predicted molar refractivity (Wildman–Crippen MR) is 90.6 cm³/mol. The van der Waals surface area contributed by atoms with Gasteiger partial charge >= 0.3 is 0 Å². The molecule has 2 nitrogen and oxygen atoms in total. The van der Waals surface area contributed by atoms with E-state index in [2.05, 4.69) is 20.8 Å². The molecule has 0 amide bonds. The van der Waals surface area contributed by atoms with Crippen molar-refractivity contribution in [3.05, 3.63) is 0 Å². The molecule has 0 aromatic rings. The first-order valence-corrected chi connectivity index (χ1v) is 9.48. The van der Waals surface area contributed by atoms with Crippen LogP contribution in [0, 0.1) is 5.92 Å². The lowest BCUT2D eigenvalue weighted by Crippen LogP contribution is -2.16.